The number of benzene rings is 1. The van der Waals surface area contributed by atoms with Crippen molar-refractivity contribution in [3.05, 3.63) is 47.8 Å². The van der Waals surface area contributed by atoms with E-state index >= 15 is 0 Å². The van der Waals surface area contributed by atoms with Crippen LogP contribution in [0, 0.1) is 6.92 Å². The van der Waals surface area contributed by atoms with E-state index in [1.807, 2.05) is 37.4 Å². The number of hydrogen-bond donors (Lipinski definition) is 1. The summed E-state index contributed by atoms with van der Waals surface area (Å²) < 4.78 is 1.78. The van der Waals surface area contributed by atoms with Crippen LogP contribution in [0.15, 0.2) is 36.5 Å². The van der Waals surface area contributed by atoms with Gasteiger partial charge in [0.25, 0.3) is 0 Å². The van der Waals surface area contributed by atoms with Crippen molar-refractivity contribution in [3.63, 3.8) is 0 Å². The molecule has 0 aliphatic carbocycles. The summed E-state index contributed by atoms with van der Waals surface area (Å²) in [5.74, 6) is 0.476. The van der Waals surface area contributed by atoms with Gasteiger partial charge < -0.3 is 5.73 Å². The highest BCUT2D eigenvalue weighted by Crippen LogP contribution is 2.14. The van der Waals surface area contributed by atoms with Crippen LogP contribution in [0.3, 0.4) is 0 Å². The van der Waals surface area contributed by atoms with Gasteiger partial charge in [-0.05, 0) is 24.6 Å². The number of nitrogens with two attached hydrogens (primary N) is 1. The molecule has 0 saturated carbocycles. The Morgan fingerprint density at radius 3 is 2.89 bits per heavy atom. The van der Waals surface area contributed by atoms with Crippen molar-refractivity contribution < 1.29 is 0 Å². The average Bonchev–Trinajstić information content (AvgIpc) is 2.71. The Labute approximate surface area is 104 Å². The molecule has 3 rings (SSSR count). The molecule has 0 spiro atoms. The number of nitrogens with zero attached hydrogens (tertiary/aromatic N) is 4. The second kappa shape index (κ2) is 4.10. The van der Waals surface area contributed by atoms with E-state index in [4.69, 9.17) is 5.73 Å². The van der Waals surface area contributed by atoms with Crippen molar-refractivity contribution in [3.8, 4) is 0 Å². The lowest BCUT2D eigenvalue weighted by Gasteiger charge is -2.04. The van der Waals surface area contributed by atoms with Gasteiger partial charge >= 0.3 is 0 Å². The van der Waals surface area contributed by atoms with Crippen LogP contribution in [-0.2, 0) is 6.54 Å². The molecule has 2 aromatic heterocycles. The van der Waals surface area contributed by atoms with Gasteiger partial charge in [-0.15, -0.1) is 5.10 Å². The quantitative estimate of drug-likeness (QED) is 0.739. The van der Waals surface area contributed by atoms with Crippen LogP contribution in [0.25, 0.3) is 10.9 Å². The van der Waals surface area contributed by atoms with Gasteiger partial charge in [0.05, 0.1) is 17.8 Å². The fourth-order valence-electron chi connectivity index (χ4n) is 1.90. The number of pyridine rings is 1. The van der Waals surface area contributed by atoms with Crippen LogP contribution < -0.4 is 5.73 Å². The summed E-state index contributed by atoms with van der Waals surface area (Å²) in [7, 11) is 0. The summed E-state index contributed by atoms with van der Waals surface area (Å²) >= 11 is 0. The standard InChI is InChI=1S/C13H13N5/c1-9-13(14)16-17-18(9)8-10-6-11-4-2-3-5-12(11)15-7-10/h2-7H,8,14H2,1H3. The third-order valence-corrected chi connectivity index (χ3v) is 3.00. The molecule has 3 aromatic rings. The first-order chi connectivity index (χ1) is 8.74. The van der Waals surface area contributed by atoms with Crippen LogP contribution in [-0.4, -0.2) is 20.0 Å². The van der Waals surface area contributed by atoms with E-state index in [2.05, 4.69) is 21.4 Å². The molecule has 2 N–H and O–H groups in total. The van der Waals surface area contributed by atoms with Crippen molar-refractivity contribution in [2.24, 2.45) is 0 Å². The molecule has 2 heterocycles. The molecular weight excluding hydrogens is 226 g/mol. The lowest BCUT2D eigenvalue weighted by Crippen LogP contribution is -2.04. The normalized spacial score (nSPS) is 10.9. The first kappa shape index (κ1) is 10.7. The largest absolute Gasteiger partial charge is 0.381 e. The zero-order valence-electron chi connectivity index (χ0n) is 10.0. The SMILES string of the molecule is Cc1c(N)nnn1Cc1cnc2ccccc2c1. The summed E-state index contributed by atoms with van der Waals surface area (Å²) in [6, 6.07) is 10.1. The molecule has 90 valence electrons. The molecule has 0 bridgehead atoms. The monoisotopic (exact) mass is 239 g/mol. The second-order valence-electron chi connectivity index (χ2n) is 4.25. The minimum atomic E-state index is 0.476. The van der Waals surface area contributed by atoms with Crippen LogP contribution in [0.5, 0.6) is 0 Å². The third kappa shape index (κ3) is 1.79. The van der Waals surface area contributed by atoms with E-state index in [1.54, 1.807) is 4.68 Å². The van der Waals surface area contributed by atoms with Crippen LogP contribution >= 0.6 is 0 Å². The Kier molecular flexibility index (Phi) is 2.44. The number of nitrogen functional groups attached to an aromatic ring is 1. The highest BCUT2D eigenvalue weighted by atomic mass is 15.4. The molecule has 18 heavy (non-hydrogen) atoms. The van der Waals surface area contributed by atoms with Gasteiger partial charge in [0, 0.05) is 11.6 Å². The first-order valence-corrected chi connectivity index (χ1v) is 5.73. The Bertz CT molecular complexity index is 701. The van der Waals surface area contributed by atoms with E-state index in [0.717, 1.165) is 22.2 Å². The van der Waals surface area contributed by atoms with Crippen molar-refractivity contribution in [2.75, 3.05) is 5.73 Å². The van der Waals surface area contributed by atoms with E-state index in [9.17, 15) is 0 Å². The molecule has 0 radical (unpaired) electrons. The molecule has 0 amide bonds. The minimum Gasteiger partial charge on any atom is -0.381 e. The predicted octanol–water partition coefficient (Wildman–Crippen LogP) is 1.77. The molecule has 5 heteroatoms. The fourth-order valence-corrected chi connectivity index (χ4v) is 1.90. The maximum atomic E-state index is 5.67. The van der Waals surface area contributed by atoms with Gasteiger partial charge in [0.1, 0.15) is 0 Å². The zero-order chi connectivity index (χ0) is 12.5. The van der Waals surface area contributed by atoms with Gasteiger partial charge in [-0.2, -0.15) is 0 Å². The van der Waals surface area contributed by atoms with E-state index in [-0.39, 0.29) is 0 Å². The lowest BCUT2D eigenvalue weighted by molar-refractivity contribution is 0.632. The van der Waals surface area contributed by atoms with E-state index < -0.39 is 0 Å². The van der Waals surface area contributed by atoms with Gasteiger partial charge in [0.15, 0.2) is 5.82 Å². The molecule has 0 saturated heterocycles. The molecule has 0 aliphatic rings. The molecule has 1 aromatic carbocycles. The van der Waals surface area contributed by atoms with Crippen molar-refractivity contribution in [2.45, 2.75) is 13.5 Å². The minimum absolute atomic E-state index is 0.476. The number of anilines is 1. The molecular formula is C13H13N5. The number of para-hydroxylation sites is 1. The molecule has 0 aliphatic heterocycles. The summed E-state index contributed by atoms with van der Waals surface area (Å²) in [6.07, 6.45) is 1.86. The van der Waals surface area contributed by atoms with Crippen LogP contribution in [0.2, 0.25) is 0 Å². The van der Waals surface area contributed by atoms with Gasteiger partial charge in [-0.1, -0.05) is 23.4 Å². The third-order valence-electron chi connectivity index (χ3n) is 3.00. The highest BCUT2D eigenvalue weighted by Gasteiger charge is 2.06. The van der Waals surface area contributed by atoms with Gasteiger partial charge in [-0.3, -0.25) is 4.98 Å². The number of rotatable bonds is 2. The summed E-state index contributed by atoms with van der Waals surface area (Å²) in [4.78, 5) is 4.42. The van der Waals surface area contributed by atoms with E-state index in [1.165, 1.54) is 0 Å². The Balaban J connectivity index is 1.98. The Morgan fingerprint density at radius 2 is 2.11 bits per heavy atom. The Hall–Kier alpha value is -2.43. The maximum Gasteiger partial charge on any atom is 0.168 e. The molecule has 0 atom stereocenters. The lowest BCUT2D eigenvalue weighted by atomic mass is 10.1. The van der Waals surface area contributed by atoms with Crippen molar-refractivity contribution >= 4 is 16.7 Å². The molecule has 0 fully saturated rings. The fraction of sp³-hybridized carbons (Fsp3) is 0.154. The number of fused-ring (bicyclic) bond motifs is 1. The van der Waals surface area contributed by atoms with Crippen LogP contribution in [0.1, 0.15) is 11.3 Å². The zero-order valence-corrected chi connectivity index (χ0v) is 10.0. The average molecular weight is 239 g/mol. The molecule has 5 nitrogen and oxygen atoms in total. The second-order valence-corrected chi connectivity index (χ2v) is 4.25. The molecule has 0 unspecified atom stereocenters. The summed E-state index contributed by atoms with van der Waals surface area (Å²) in [5.41, 5.74) is 8.63. The van der Waals surface area contributed by atoms with Crippen LogP contribution in [0.4, 0.5) is 5.82 Å². The van der Waals surface area contributed by atoms with Gasteiger partial charge in [-0.25, -0.2) is 4.68 Å². The Morgan fingerprint density at radius 1 is 1.28 bits per heavy atom. The first-order valence-electron chi connectivity index (χ1n) is 5.73. The smallest absolute Gasteiger partial charge is 0.168 e. The van der Waals surface area contributed by atoms with E-state index in [0.29, 0.717) is 12.4 Å². The highest BCUT2D eigenvalue weighted by molar-refractivity contribution is 5.78. The van der Waals surface area contributed by atoms with Crippen molar-refractivity contribution in [1.29, 1.82) is 0 Å². The maximum absolute atomic E-state index is 5.67. The van der Waals surface area contributed by atoms with Gasteiger partial charge in [0.2, 0.25) is 0 Å². The topological polar surface area (TPSA) is 69.6 Å². The summed E-state index contributed by atoms with van der Waals surface area (Å²) in [6.45, 7) is 2.54. The number of hydrogen-bond acceptors (Lipinski definition) is 4. The summed E-state index contributed by atoms with van der Waals surface area (Å²) in [5, 5.41) is 8.98. The van der Waals surface area contributed by atoms with Crippen molar-refractivity contribution in [1.82, 2.24) is 20.0 Å². The number of aromatic nitrogens is 4. The predicted molar refractivity (Wildman–Crippen MR) is 70.0 cm³/mol.